The fourth-order valence-electron chi connectivity index (χ4n) is 1.79. The molecule has 0 saturated heterocycles. The second-order valence-corrected chi connectivity index (χ2v) is 5.00. The normalized spacial score (nSPS) is 10.8. The van der Waals surface area contributed by atoms with E-state index in [1.807, 2.05) is 0 Å². The summed E-state index contributed by atoms with van der Waals surface area (Å²) in [5.41, 5.74) is 0. The van der Waals surface area contributed by atoms with E-state index < -0.39 is 0 Å². The van der Waals surface area contributed by atoms with Gasteiger partial charge in [0.1, 0.15) is 11.5 Å². The van der Waals surface area contributed by atoms with E-state index in [1.165, 1.54) is 30.6 Å². The molecule has 0 radical (unpaired) electrons. The molecular weight excluding hydrogens is 216 g/mol. The van der Waals surface area contributed by atoms with Gasteiger partial charge in [0.05, 0.1) is 4.88 Å². The molecule has 2 aromatic rings. The Morgan fingerprint density at radius 2 is 2.06 bits per heavy atom. The maximum Gasteiger partial charge on any atom is 0.144 e. The van der Waals surface area contributed by atoms with Crippen LogP contribution in [0.2, 0.25) is 0 Å². The molecule has 1 nitrogen and oxygen atoms in total. The van der Waals surface area contributed by atoms with E-state index >= 15 is 0 Å². The zero-order valence-electron chi connectivity index (χ0n) is 9.74. The van der Waals surface area contributed by atoms with Gasteiger partial charge in [-0.15, -0.1) is 11.3 Å². The summed E-state index contributed by atoms with van der Waals surface area (Å²) in [7, 11) is 0. The lowest BCUT2D eigenvalue weighted by atomic mass is 10.1. The van der Waals surface area contributed by atoms with Gasteiger partial charge in [0, 0.05) is 6.42 Å². The number of thiophene rings is 1. The zero-order valence-corrected chi connectivity index (χ0v) is 10.6. The molecule has 2 rings (SSSR count). The van der Waals surface area contributed by atoms with Gasteiger partial charge in [-0.25, -0.2) is 0 Å². The summed E-state index contributed by atoms with van der Waals surface area (Å²) in [6.07, 6.45) is 6.25. The standard InChI is InChI=1S/C14H18OS/c1-2-3-4-5-7-12-9-10-13(15-12)14-8-6-11-16-14/h6,8-11H,2-5,7H2,1H3. The minimum absolute atomic E-state index is 1.01. The van der Waals surface area contributed by atoms with E-state index in [0.717, 1.165) is 17.9 Å². The summed E-state index contributed by atoms with van der Waals surface area (Å²) in [5, 5.41) is 2.08. The van der Waals surface area contributed by atoms with Crippen molar-refractivity contribution in [3.8, 4) is 10.6 Å². The van der Waals surface area contributed by atoms with Crippen molar-refractivity contribution in [1.82, 2.24) is 0 Å². The van der Waals surface area contributed by atoms with Gasteiger partial charge < -0.3 is 4.42 Å². The Morgan fingerprint density at radius 3 is 2.81 bits per heavy atom. The summed E-state index contributed by atoms with van der Waals surface area (Å²) in [5.74, 6) is 2.14. The molecule has 0 spiro atoms. The van der Waals surface area contributed by atoms with Crippen molar-refractivity contribution in [1.29, 1.82) is 0 Å². The average Bonchev–Trinajstić information content (AvgIpc) is 2.94. The van der Waals surface area contributed by atoms with Gasteiger partial charge in [0.25, 0.3) is 0 Å². The summed E-state index contributed by atoms with van der Waals surface area (Å²) in [6.45, 7) is 2.24. The zero-order chi connectivity index (χ0) is 11.2. The Hall–Kier alpha value is -1.02. The van der Waals surface area contributed by atoms with Crippen LogP contribution in [0.25, 0.3) is 10.6 Å². The second-order valence-electron chi connectivity index (χ2n) is 4.05. The molecule has 16 heavy (non-hydrogen) atoms. The van der Waals surface area contributed by atoms with E-state index in [1.54, 1.807) is 11.3 Å². The van der Waals surface area contributed by atoms with Crippen molar-refractivity contribution in [3.63, 3.8) is 0 Å². The van der Waals surface area contributed by atoms with Gasteiger partial charge in [0.2, 0.25) is 0 Å². The molecule has 0 fully saturated rings. The van der Waals surface area contributed by atoms with Crippen LogP contribution in [-0.2, 0) is 6.42 Å². The molecule has 0 N–H and O–H groups in total. The van der Waals surface area contributed by atoms with Crippen molar-refractivity contribution in [3.05, 3.63) is 35.4 Å². The smallest absolute Gasteiger partial charge is 0.144 e. The monoisotopic (exact) mass is 234 g/mol. The Labute approximate surface area is 101 Å². The van der Waals surface area contributed by atoms with Crippen LogP contribution in [0.15, 0.2) is 34.1 Å². The first-order valence-electron chi connectivity index (χ1n) is 6.02. The molecular formula is C14H18OS. The lowest BCUT2D eigenvalue weighted by molar-refractivity contribution is 0.506. The Kier molecular flexibility index (Phi) is 4.23. The SMILES string of the molecule is CCCCCCc1ccc(-c2cccs2)o1. The first-order valence-corrected chi connectivity index (χ1v) is 6.90. The third-order valence-corrected chi connectivity index (χ3v) is 3.59. The molecule has 0 saturated carbocycles. The third kappa shape index (κ3) is 2.99. The maximum atomic E-state index is 5.82. The van der Waals surface area contributed by atoms with Gasteiger partial charge in [0.15, 0.2) is 0 Å². The first-order chi connectivity index (χ1) is 7.90. The summed E-state index contributed by atoms with van der Waals surface area (Å²) < 4.78 is 5.82. The van der Waals surface area contributed by atoms with Crippen LogP contribution in [0, 0.1) is 0 Å². The molecule has 86 valence electrons. The third-order valence-electron chi connectivity index (χ3n) is 2.70. The number of hydrogen-bond acceptors (Lipinski definition) is 2. The van der Waals surface area contributed by atoms with Gasteiger partial charge in [-0.3, -0.25) is 0 Å². The van der Waals surface area contributed by atoms with E-state index in [2.05, 4.69) is 36.6 Å². The average molecular weight is 234 g/mol. The van der Waals surface area contributed by atoms with E-state index in [4.69, 9.17) is 4.42 Å². The fraction of sp³-hybridized carbons (Fsp3) is 0.429. The Bertz CT molecular complexity index is 400. The number of furan rings is 1. The minimum atomic E-state index is 1.01. The second kappa shape index (κ2) is 5.90. The van der Waals surface area contributed by atoms with Crippen molar-refractivity contribution in [2.24, 2.45) is 0 Å². The van der Waals surface area contributed by atoms with Crippen LogP contribution in [0.4, 0.5) is 0 Å². The largest absolute Gasteiger partial charge is 0.460 e. The molecule has 2 heteroatoms. The highest BCUT2D eigenvalue weighted by atomic mass is 32.1. The highest BCUT2D eigenvalue weighted by Crippen LogP contribution is 2.27. The first kappa shape index (κ1) is 11.5. The van der Waals surface area contributed by atoms with Crippen molar-refractivity contribution < 1.29 is 4.42 Å². The van der Waals surface area contributed by atoms with Crippen LogP contribution < -0.4 is 0 Å². The molecule has 0 aliphatic heterocycles. The van der Waals surface area contributed by atoms with Crippen LogP contribution in [-0.4, -0.2) is 0 Å². The topological polar surface area (TPSA) is 13.1 Å². The maximum absolute atomic E-state index is 5.82. The molecule has 0 unspecified atom stereocenters. The Balaban J connectivity index is 1.88. The molecule has 0 aliphatic carbocycles. The quantitative estimate of drug-likeness (QED) is 0.631. The Morgan fingerprint density at radius 1 is 1.12 bits per heavy atom. The van der Waals surface area contributed by atoms with Gasteiger partial charge in [-0.05, 0) is 30.0 Å². The number of rotatable bonds is 6. The van der Waals surface area contributed by atoms with Crippen LogP contribution in [0.1, 0.15) is 38.4 Å². The van der Waals surface area contributed by atoms with Gasteiger partial charge >= 0.3 is 0 Å². The van der Waals surface area contributed by atoms with Crippen molar-refractivity contribution in [2.45, 2.75) is 39.0 Å². The lowest BCUT2D eigenvalue weighted by Gasteiger charge is -1.96. The summed E-state index contributed by atoms with van der Waals surface area (Å²) in [6, 6.07) is 8.36. The molecule has 0 aromatic carbocycles. The predicted octanol–water partition coefficient (Wildman–Crippen LogP) is 5.13. The highest BCUT2D eigenvalue weighted by Gasteiger charge is 2.04. The molecule has 0 aliphatic rings. The van der Waals surface area contributed by atoms with Gasteiger partial charge in [-0.1, -0.05) is 32.3 Å². The lowest BCUT2D eigenvalue weighted by Crippen LogP contribution is -1.82. The minimum Gasteiger partial charge on any atom is -0.460 e. The summed E-state index contributed by atoms with van der Waals surface area (Å²) in [4.78, 5) is 1.22. The number of unbranched alkanes of at least 4 members (excludes halogenated alkanes) is 3. The van der Waals surface area contributed by atoms with Crippen molar-refractivity contribution in [2.75, 3.05) is 0 Å². The molecule has 2 heterocycles. The van der Waals surface area contributed by atoms with E-state index in [0.29, 0.717) is 0 Å². The molecule has 2 aromatic heterocycles. The van der Waals surface area contributed by atoms with Crippen LogP contribution >= 0.6 is 11.3 Å². The fourth-order valence-corrected chi connectivity index (χ4v) is 2.48. The molecule has 0 bridgehead atoms. The van der Waals surface area contributed by atoms with E-state index in [9.17, 15) is 0 Å². The van der Waals surface area contributed by atoms with Crippen molar-refractivity contribution >= 4 is 11.3 Å². The predicted molar refractivity (Wildman–Crippen MR) is 69.9 cm³/mol. The van der Waals surface area contributed by atoms with Crippen LogP contribution in [0.3, 0.4) is 0 Å². The molecule has 0 atom stereocenters. The number of aryl methyl sites for hydroxylation is 1. The summed E-state index contributed by atoms with van der Waals surface area (Å²) >= 11 is 1.73. The van der Waals surface area contributed by atoms with E-state index in [-0.39, 0.29) is 0 Å². The van der Waals surface area contributed by atoms with Gasteiger partial charge in [-0.2, -0.15) is 0 Å². The van der Waals surface area contributed by atoms with Crippen LogP contribution in [0.5, 0.6) is 0 Å². The molecule has 0 amide bonds. The highest BCUT2D eigenvalue weighted by molar-refractivity contribution is 7.13. The number of hydrogen-bond donors (Lipinski definition) is 0.